The van der Waals surface area contributed by atoms with Crippen LogP contribution in [0.5, 0.6) is 0 Å². The Kier molecular flexibility index (Phi) is 3.68. The molecule has 0 aliphatic carbocycles. The molecule has 0 radical (unpaired) electrons. The molecule has 2 rings (SSSR count). The van der Waals surface area contributed by atoms with Gasteiger partial charge in [-0.05, 0) is 19.3 Å². The average molecular weight is 269 g/mol. The Labute approximate surface area is 109 Å². The maximum absolute atomic E-state index is 12.0. The van der Waals surface area contributed by atoms with Crippen molar-refractivity contribution in [2.75, 3.05) is 19.6 Å². The van der Waals surface area contributed by atoms with Crippen LogP contribution in [0.15, 0.2) is 0 Å². The van der Waals surface area contributed by atoms with E-state index in [1.807, 2.05) is 0 Å². The molecule has 2 saturated heterocycles. The van der Waals surface area contributed by atoms with E-state index in [0.29, 0.717) is 13.0 Å². The molecular formula is C11H15N3O5. The lowest BCUT2D eigenvalue weighted by atomic mass is 10.0. The summed E-state index contributed by atoms with van der Waals surface area (Å²) < 4.78 is 0. The fraction of sp³-hybridized carbons (Fsp3) is 0.636. The van der Waals surface area contributed by atoms with E-state index in [0.717, 1.165) is 17.7 Å². The predicted octanol–water partition coefficient (Wildman–Crippen LogP) is -0.996. The lowest BCUT2D eigenvalue weighted by Gasteiger charge is -2.33. The highest BCUT2D eigenvalue weighted by molar-refractivity contribution is 6.04. The van der Waals surface area contributed by atoms with E-state index >= 15 is 0 Å². The lowest BCUT2D eigenvalue weighted by molar-refractivity contribution is -0.152. The molecule has 104 valence electrons. The minimum Gasteiger partial charge on any atom is -0.480 e. The van der Waals surface area contributed by atoms with Gasteiger partial charge in [-0.3, -0.25) is 14.5 Å². The number of nitrogens with zero attached hydrogens (tertiary/aromatic N) is 2. The number of urea groups is 1. The Morgan fingerprint density at radius 3 is 2.63 bits per heavy atom. The Hall–Kier alpha value is -2.12. The smallest absolute Gasteiger partial charge is 0.326 e. The number of rotatable bonds is 3. The third-order valence-corrected chi connectivity index (χ3v) is 3.34. The van der Waals surface area contributed by atoms with E-state index < -0.39 is 36.4 Å². The average Bonchev–Trinajstić information content (AvgIpc) is 2.70. The number of carboxylic acid groups (broad SMARTS) is 1. The van der Waals surface area contributed by atoms with E-state index in [9.17, 15) is 19.2 Å². The Bertz CT molecular complexity index is 420. The van der Waals surface area contributed by atoms with Crippen LogP contribution in [-0.4, -0.2) is 64.4 Å². The third kappa shape index (κ3) is 2.67. The molecule has 2 aliphatic heterocycles. The molecule has 0 spiro atoms. The second-order valence-corrected chi connectivity index (χ2v) is 4.58. The summed E-state index contributed by atoms with van der Waals surface area (Å²) >= 11 is 0. The molecule has 2 fully saturated rings. The first-order chi connectivity index (χ1) is 9.00. The van der Waals surface area contributed by atoms with Gasteiger partial charge >= 0.3 is 12.0 Å². The van der Waals surface area contributed by atoms with Crippen molar-refractivity contribution < 1.29 is 24.3 Å². The van der Waals surface area contributed by atoms with Crippen molar-refractivity contribution in [3.8, 4) is 0 Å². The van der Waals surface area contributed by atoms with Gasteiger partial charge in [0.15, 0.2) is 0 Å². The van der Waals surface area contributed by atoms with Crippen molar-refractivity contribution in [2.24, 2.45) is 0 Å². The number of carboxylic acids is 1. The molecule has 0 saturated carbocycles. The number of aliphatic carboxylic acids is 1. The molecule has 2 heterocycles. The summed E-state index contributed by atoms with van der Waals surface area (Å²) in [6, 6.07) is -1.47. The van der Waals surface area contributed by atoms with E-state index in [4.69, 9.17) is 5.11 Å². The molecule has 2 N–H and O–H groups in total. The number of hydrogen-bond donors (Lipinski definition) is 2. The number of carbonyl (C=O) groups is 4. The minimum atomic E-state index is -1.05. The summed E-state index contributed by atoms with van der Waals surface area (Å²) in [7, 11) is 0. The number of piperidine rings is 1. The van der Waals surface area contributed by atoms with E-state index in [2.05, 4.69) is 5.32 Å². The minimum absolute atomic E-state index is 0.117. The molecule has 0 aromatic rings. The maximum Gasteiger partial charge on any atom is 0.326 e. The Morgan fingerprint density at radius 1 is 1.32 bits per heavy atom. The van der Waals surface area contributed by atoms with Crippen LogP contribution >= 0.6 is 0 Å². The van der Waals surface area contributed by atoms with Crippen molar-refractivity contribution in [2.45, 2.75) is 25.3 Å². The van der Waals surface area contributed by atoms with Gasteiger partial charge < -0.3 is 15.3 Å². The summed E-state index contributed by atoms with van der Waals surface area (Å²) in [5.74, 6) is -2.02. The van der Waals surface area contributed by atoms with Gasteiger partial charge in [-0.2, -0.15) is 0 Å². The quantitative estimate of drug-likeness (QED) is 0.639. The molecule has 19 heavy (non-hydrogen) atoms. The van der Waals surface area contributed by atoms with Crippen molar-refractivity contribution in [1.29, 1.82) is 0 Å². The highest BCUT2D eigenvalue weighted by Crippen LogP contribution is 2.18. The fourth-order valence-corrected chi connectivity index (χ4v) is 2.33. The summed E-state index contributed by atoms with van der Waals surface area (Å²) in [5.41, 5.74) is 0. The van der Waals surface area contributed by atoms with Crippen molar-refractivity contribution >= 4 is 23.8 Å². The van der Waals surface area contributed by atoms with Crippen LogP contribution in [0.3, 0.4) is 0 Å². The van der Waals surface area contributed by atoms with Gasteiger partial charge in [-0.25, -0.2) is 9.59 Å². The van der Waals surface area contributed by atoms with E-state index in [-0.39, 0.29) is 6.54 Å². The highest BCUT2D eigenvalue weighted by atomic mass is 16.4. The van der Waals surface area contributed by atoms with Crippen LogP contribution in [0, 0.1) is 0 Å². The van der Waals surface area contributed by atoms with E-state index in [1.165, 1.54) is 4.90 Å². The van der Waals surface area contributed by atoms with Gasteiger partial charge in [0.2, 0.25) is 5.91 Å². The summed E-state index contributed by atoms with van der Waals surface area (Å²) in [4.78, 5) is 47.9. The lowest BCUT2D eigenvalue weighted by Crippen LogP contribution is -2.52. The zero-order valence-electron chi connectivity index (χ0n) is 10.3. The largest absolute Gasteiger partial charge is 0.480 e. The third-order valence-electron chi connectivity index (χ3n) is 3.34. The van der Waals surface area contributed by atoms with Crippen LogP contribution in [0.1, 0.15) is 19.3 Å². The summed E-state index contributed by atoms with van der Waals surface area (Å²) in [6.45, 7) is -0.164. The summed E-state index contributed by atoms with van der Waals surface area (Å²) in [5, 5.41) is 11.4. The highest BCUT2D eigenvalue weighted by Gasteiger charge is 2.36. The molecule has 0 unspecified atom stereocenters. The monoisotopic (exact) mass is 269 g/mol. The van der Waals surface area contributed by atoms with Crippen LogP contribution in [0.2, 0.25) is 0 Å². The molecule has 8 heteroatoms. The molecular weight excluding hydrogens is 254 g/mol. The van der Waals surface area contributed by atoms with E-state index in [1.54, 1.807) is 0 Å². The second kappa shape index (κ2) is 5.25. The normalized spacial score (nSPS) is 23.5. The number of nitrogens with one attached hydrogen (secondary N) is 1. The first kappa shape index (κ1) is 13.3. The first-order valence-corrected chi connectivity index (χ1v) is 6.11. The van der Waals surface area contributed by atoms with Crippen LogP contribution < -0.4 is 5.32 Å². The van der Waals surface area contributed by atoms with Gasteiger partial charge in [0.1, 0.15) is 12.6 Å². The van der Waals surface area contributed by atoms with Gasteiger partial charge in [-0.15, -0.1) is 0 Å². The summed E-state index contributed by atoms with van der Waals surface area (Å²) in [6.07, 6.45) is 1.89. The van der Waals surface area contributed by atoms with Crippen molar-refractivity contribution in [3.05, 3.63) is 0 Å². The Morgan fingerprint density at radius 2 is 2.05 bits per heavy atom. The number of amides is 4. The molecule has 0 aromatic heterocycles. The predicted molar refractivity (Wildman–Crippen MR) is 62.1 cm³/mol. The van der Waals surface area contributed by atoms with Gasteiger partial charge in [0, 0.05) is 6.54 Å². The molecule has 0 aromatic carbocycles. The second-order valence-electron chi connectivity index (χ2n) is 4.58. The standard InChI is InChI=1S/C11H15N3O5/c15-8-5-12-11(19)14(8)6-9(16)13-4-2-1-3-7(13)10(17)18/h7H,1-6H2,(H,12,19)(H,17,18)/t7-/m1/s1. The molecule has 8 nitrogen and oxygen atoms in total. The van der Waals surface area contributed by atoms with Crippen molar-refractivity contribution in [1.82, 2.24) is 15.1 Å². The van der Waals surface area contributed by atoms with Crippen LogP contribution in [-0.2, 0) is 14.4 Å². The topological polar surface area (TPSA) is 107 Å². The van der Waals surface area contributed by atoms with Crippen LogP contribution in [0.4, 0.5) is 4.79 Å². The molecule has 0 bridgehead atoms. The Balaban J connectivity index is 2.03. The van der Waals surface area contributed by atoms with Crippen molar-refractivity contribution in [3.63, 3.8) is 0 Å². The van der Waals surface area contributed by atoms with Crippen LogP contribution in [0.25, 0.3) is 0 Å². The molecule has 2 aliphatic rings. The number of hydrogen-bond acceptors (Lipinski definition) is 4. The number of imide groups is 1. The van der Waals surface area contributed by atoms with Gasteiger partial charge in [-0.1, -0.05) is 0 Å². The van der Waals surface area contributed by atoms with Gasteiger partial charge in [0.25, 0.3) is 5.91 Å². The molecule has 1 atom stereocenters. The molecule has 4 amide bonds. The first-order valence-electron chi connectivity index (χ1n) is 6.11. The zero-order chi connectivity index (χ0) is 14.0. The zero-order valence-corrected chi connectivity index (χ0v) is 10.3. The fourth-order valence-electron chi connectivity index (χ4n) is 2.33. The maximum atomic E-state index is 12.0. The number of likely N-dealkylation sites (tertiary alicyclic amines) is 1. The SMILES string of the molecule is O=C(O)[C@H]1CCCCN1C(=O)CN1C(=O)CNC1=O. The number of carbonyl (C=O) groups excluding carboxylic acids is 3. The van der Waals surface area contributed by atoms with Gasteiger partial charge in [0.05, 0.1) is 6.54 Å².